The summed E-state index contributed by atoms with van der Waals surface area (Å²) < 4.78 is 6.82. The van der Waals surface area contributed by atoms with Crippen LogP contribution in [0.2, 0.25) is 0 Å². The monoisotopic (exact) mass is 387 g/mol. The number of benzene rings is 1. The summed E-state index contributed by atoms with van der Waals surface area (Å²) in [6.07, 6.45) is 0.859. The Morgan fingerprint density at radius 2 is 2.18 bits per heavy atom. The number of carbonyl (C=O) groups excluding carboxylic acids is 1. The lowest BCUT2D eigenvalue weighted by atomic mass is 9.86. The molecule has 1 aromatic heterocycles. The highest BCUT2D eigenvalue weighted by Gasteiger charge is 2.36. The largest absolute Gasteiger partial charge is 0.497 e. The average Bonchev–Trinajstić information content (AvgIpc) is 3.11. The van der Waals surface area contributed by atoms with Gasteiger partial charge in [-0.25, -0.2) is 4.68 Å². The molecule has 3 unspecified atom stereocenters. The van der Waals surface area contributed by atoms with E-state index in [4.69, 9.17) is 4.74 Å². The second-order valence-corrected chi connectivity index (χ2v) is 7.24. The third kappa shape index (κ3) is 4.13. The molecule has 1 fully saturated rings. The molecule has 28 heavy (non-hydrogen) atoms. The van der Waals surface area contributed by atoms with Crippen LogP contribution < -0.4 is 4.74 Å². The molecule has 1 aliphatic rings. The Morgan fingerprint density at radius 3 is 2.79 bits per heavy atom. The van der Waals surface area contributed by atoms with Gasteiger partial charge in [0.15, 0.2) is 0 Å². The summed E-state index contributed by atoms with van der Waals surface area (Å²) in [6.45, 7) is 4.45. The first-order valence-corrected chi connectivity index (χ1v) is 9.29. The normalized spacial score (nSPS) is 20.6. The minimum absolute atomic E-state index is 0.103. The molecule has 2 aromatic rings. The molecule has 2 heterocycles. The highest BCUT2D eigenvalue weighted by molar-refractivity contribution is 5.81. The van der Waals surface area contributed by atoms with Crippen LogP contribution in [0.25, 0.3) is 0 Å². The number of aryl methyl sites for hydroxylation is 1. The highest BCUT2D eigenvalue weighted by atomic mass is 16.5. The Labute approximate surface area is 163 Å². The van der Waals surface area contributed by atoms with Crippen LogP contribution in [0.15, 0.2) is 24.3 Å². The van der Waals surface area contributed by atoms with E-state index in [1.54, 1.807) is 18.9 Å². The van der Waals surface area contributed by atoms with Gasteiger partial charge in [0.25, 0.3) is 0 Å². The SMILES string of the molecule is COc1cccc(CC(C(=O)N2CCC(C(=O)O)C(C)C2)n2nnnc2C)c1. The van der Waals surface area contributed by atoms with E-state index >= 15 is 0 Å². The summed E-state index contributed by atoms with van der Waals surface area (Å²) >= 11 is 0. The van der Waals surface area contributed by atoms with Crippen molar-refractivity contribution < 1.29 is 19.4 Å². The topological polar surface area (TPSA) is 110 Å². The quantitative estimate of drug-likeness (QED) is 0.796. The summed E-state index contributed by atoms with van der Waals surface area (Å²) in [4.78, 5) is 26.5. The summed E-state index contributed by atoms with van der Waals surface area (Å²) in [5, 5.41) is 20.9. The molecule has 0 spiro atoms. The fourth-order valence-corrected chi connectivity index (χ4v) is 3.75. The number of aliphatic carboxylic acids is 1. The van der Waals surface area contributed by atoms with Crippen molar-refractivity contribution in [3.63, 3.8) is 0 Å². The van der Waals surface area contributed by atoms with Gasteiger partial charge in [-0.2, -0.15) is 0 Å². The molecule has 1 saturated heterocycles. The maximum atomic E-state index is 13.4. The third-order valence-corrected chi connectivity index (χ3v) is 5.33. The molecule has 1 amide bonds. The zero-order chi connectivity index (χ0) is 20.3. The number of aromatic nitrogens is 4. The molecule has 9 heteroatoms. The molecule has 1 aliphatic heterocycles. The van der Waals surface area contributed by atoms with Crippen LogP contribution in [-0.2, 0) is 16.0 Å². The zero-order valence-electron chi connectivity index (χ0n) is 16.3. The molecular weight excluding hydrogens is 362 g/mol. The molecule has 0 bridgehead atoms. The van der Waals surface area contributed by atoms with Gasteiger partial charge in [-0.3, -0.25) is 9.59 Å². The molecular formula is C19H25N5O4. The predicted octanol–water partition coefficient (Wildman–Crippen LogP) is 1.34. The third-order valence-electron chi connectivity index (χ3n) is 5.33. The Balaban J connectivity index is 1.84. The van der Waals surface area contributed by atoms with Gasteiger partial charge in [-0.1, -0.05) is 19.1 Å². The molecule has 1 aromatic carbocycles. The fraction of sp³-hybridized carbons (Fsp3) is 0.526. The van der Waals surface area contributed by atoms with Gasteiger partial charge < -0.3 is 14.7 Å². The Kier molecular flexibility index (Phi) is 5.91. The van der Waals surface area contributed by atoms with Crippen LogP contribution in [0.5, 0.6) is 5.75 Å². The van der Waals surface area contributed by atoms with Crippen molar-refractivity contribution in [2.45, 2.75) is 32.7 Å². The van der Waals surface area contributed by atoms with Gasteiger partial charge in [-0.05, 0) is 47.4 Å². The smallest absolute Gasteiger partial charge is 0.306 e. The van der Waals surface area contributed by atoms with Crippen LogP contribution in [0.4, 0.5) is 0 Å². The van der Waals surface area contributed by atoms with Gasteiger partial charge in [0, 0.05) is 19.5 Å². The van der Waals surface area contributed by atoms with E-state index in [1.807, 2.05) is 31.2 Å². The maximum Gasteiger partial charge on any atom is 0.306 e. The number of tetrazole rings is 1. The minimum Gasteiger partial charge on any atom is -0.497 e. The number of likely N-dealkylation sites (tertiary alicyclic amines) is 1. The molecule has 3 rings (SSSR count). The van der Waals surface area contributed by atoms with E-state index in [-0.39, 0.29) is 11.8 Å². The molecule has 1 N–H and O–H groups in total. The summed E-state index contributed by atoms with van der Waals surface area (Å²) in [5.41, 5.74) is 0.932. The summed E-state index contributed by atoms with van der Waals surface area (Å²) in [7, 11) is 1.60. The fourth-order valence-electron chi connectivity index (χ4n) is 3.75. The van der Waals surface area contributed by atoms with Crippen molar-refractivity contribution >= 4 is 11.9 Å². The summed E-state index contributed by atoms with van der Waals surface area (Å²) in [6, 6.07) is 6.94. The lowest BCUT2D eigenvalue weighted by Gasteiger charge is -2.36. The van der Waals surface area contributed by atoms with E-state index in [9.17, 15) is 14.7 Å². The number of carbonyl (C=O) groups is 2. The van der Waals surface area contributed by atoms with Gasteiger partial charge in [-0.15, -0.1) is 5.10 Å². The first-order chi connectivity index (χ1) is 13.4. The first-order valence-electron chi connectivity index (χ1n) is 9.29. The summed E-state index contributed by atoms with van der Waals surface area (Å²) in [5.74, 6) is -0.168. The van der Waals surface area contributed by atoms with Crippen LogP contribution >= 0.6 is 0 Å². The van der Waals surface area contributed by atoms with Gasteiger partial charge in [0.05, 0.1) is 13.0 Å². The van der Waals surface area contributed by atoms with Crippen LogP contribution in [-0.4, -0.2) is 62.3 Å². The highest BCUT2D eigenvalue weighted by Crippen LogP contribution is 2.27. The molecule has 0 aliphatic carbocycles. The minimum atomic E-state index is -0.802. The number of hydrogen-bond donors (Lipinski definition) is 1. The van der Waals surface area contributed by atoms with E-state index in [1.165, 1.54) is 4.68 Å². The van der Waals surface area contributed by atoms with Crippen molar-refractivity contribution in [1.82, 2.24) is 25.1 Å². The standard InChI is InChI=1S/C19H25N5O4/c1-12-11-23(8-7-16(12)19(26)27)18(25)17(24-13(2)20-21-22-24)10-14-5-4-6-15(9-14)28-3/h4-6,9,12,16-17H,7-8,10-11H2,1-3H3,(H,26,27). The van der Waals surface area contributed by atoms with Crippen molar-refractivity contribution in [2.75, 3.05) is 20.2 Å². The van der Waals surface area contributed by atoms with Crippen molar-refractivity contribution in [1.29, 1.82) is 0 Å². The lowest BCUT2D eigenvalue weighted by molar-refractivity contribution is -0.149. The number of carboxylic acids is 1. The lowest BCUT2D eigenvalue weighted by Crippen LogP contribution is -2.48. The maximum absolute atomic E-state index is 13.4. The second kappa shape index (κ2) is 8.37. The molecule has 3 atom stereocenters. The number of piperidine rings is 1. The Hall–Kier alpha value is -2.97. The number of rotatable bonds is 6. The number of amides is 1. The van der Waals surface area contributed by atoms with Crippen LogP contribution in [0.1, 0.15) is 30.8 Å². The first kappa shape index (κ1) is 19.8. The predicted molar refractivity (Wildman–Crippen MR) is 99.8 cm³/mol. The van der Waals surface area contributed by atoms with Gasteiger partial charge >= 0.3 is 5.97 Å². The molecule has 9 nitrogen and oxygen atoms in total. The Bertz CT molecular complexity index is 852. The molecule has 0 radical (unpaired) electrons. The second-order valence-electron chi connectivity index (χ2n) is 7.24. The van der Waals surface area contributed by atoms with Crippen molar-refractivity contribution in [2.24, 2.45) is 11.8 Å². The number of nitrogens with zero attached hydrogens (tertiary/aromatic N) is 5. The zero-order valence-corrected chi connectivity index (χ0v) is 16.3. The Morgan fingerprint density at radius 1 is 1.39 bits per heavy atom. The van der Waals surface area contributed by atoms with Crippen LogP contribution in [0, 0.1) is 18.8 Å². The van der Waals surface area contributed by atoms with E-state index in [0.717, 1.165) is 5.56 Å². The van der Waals surface area contributed by atoms with Crippen molar-refractivity contribution in [3.8, 4) is 5.75 Å². The van der Waals surface area contributed by atoms with Crippen LogP contribution in [0.3, 0.4) is 0 Å². The van der Waals surface area contributed by atoms with E-state index in [0.29, 0.717) is 37.5 Å². The van der Waals surface area contributed by atoms with E-state index in [2.05, 4.69) is 15.5 Å². The molecule has 150 valence electrons. The number of hydrogen-bond acceptors (Lipinski definition) is 6. The number of ether oxygens (including phenoxy) is 1. The molecule has 0 saturated carbocycles. The number of carboxylic acid groups (broad SMARTS) is 1. The van der Waals surface area contributed by atoms with Gasteiger partial charge in [0.2, 0.25) is 5.91 Å². The number of methoxy groups -OCH3 is 1. The van der Waals surface area contributed by atoms with Gasteiger partial charge in [0.1, 0.15) is 17.6 Å². The van der Waals surface area contributed by atoms with E-state index < -0.39 is 17.9 Å². The van der Waals surface area contributed by atoms with Crippen molar-refractivity contribution in [3.05, 3.63) is 35.7 Å². The average molecular weight is 387 g/mol.